The fourth-order valence-corrected chi connectivity index (χ4v) is 1.70. The highest BCUT2D eigenvalue weighted by molar-refractivity contribution is 7.80. The van der Waals surface area contributed by atoms with Crippen LogP contribution in [0.2, 0.25) is 10.0 Å². The van der Waals surface area contributed by atoms with Crippen LogP contribution in [0.15, 0.2) is 18.2 Å². The van der Waals surface area contributed by atoms with Gasteiger partial charge in [-0.25, -0.2) is 0 Å². The van der Waals surface area contributed by atoms with Crippen LogP contribution in [0.4, 0.5) is 5.69 Å². The molecule has 0 heterocycles. The Labute approximate surface area is 105 Å². The summed E-state index contributed by atoms with van der Waals surface area (Å²) in [5.74, 6) is 0. The number of thiocarbonyl (C=S) groups is 1. The molecule has 0 aliphatic carbocycles. The molecule has 2 nitrogen and oxygen atoms in total. The van der Waals surface area contributed by atoms with Crippen molar-refractivity contribution in [1.29, 1.82) is 0 Å². The lowest BCUT2D eigenvalue weighted by molar-refractivity contribution is 0.739. The monoisotopic (exact) mass is 262 g/mol. The minimum absolute atomic E-state index is 0.281. The van der Waals surface area contributed by atoms with Crippen molar-refractivity contribution in [2.45, 2.75) is 19.9 Å². The average molecular weight is 263 g/mol. The zero-order chi connectivity index (χ0) is 11.4. The number of hydrogen-bond donors (Lipinski definition) is 2. The normalized spacial score (nSPS) is 10.2. The van der Waals surface area contributed by atoms with Crippen molar-refractivity contribution in [2.24, 2.45) is 0 Å². The summed E-state index contributed by atoms with van der Waals surface area (Å²) in [6.07, 6.45) is 0. The topological polar surface area (TPSA) is 24.1 Å². The summed E-state index contributed by atoms with van der Waals surface area (Å²) in [4.78, 5) is 0. The summed E-state index contributed by atoms with van der Waals surface area (Å²) in [6, 6.07) is 5.47. The van der Waals surface area contributed by atoms with Gasteiger partial charge in [0.15, 0.2) is 5.11 Å². The van der Waals surface area contributed by atoms with Crippen molar-refractivity contribution >= 4 is 46.2 Å². The van der Waals surface area contributed by atoms with Gasteiger partial charge < -0.3 is 10.6 Å². The Kier molecular flexibility index (Phi) is 4.64. The second-order valence-electron chi connectivity index (χ2n) is 3.38. The van der Waals surface area contributed by atoms with E-state index in [1.165, 1.54) is 0 Å². The molecule has 0 aliphatic rings. The van der Waals surface area contributed by atoms with Crippen molar-refractivity contribution in [3.8, 4) is 0 Å². The quantitative estimate of drug-likeness (QED) is 0.796. The third-order valence-corrected chi connectivity index (χ3v) is 2.38. The van der Waals surface area contributed by atoms with Crippen molar-refractivity contribution in [3.05, 3.63) is 28.2 Å². The molecule has 0 atom stereocenters. The van der Waals surface area contributed by atoms with E-state index in [0.29, 0.717) is 20.8 Å². The summed E-state index contributed by atoms with van der Waals surface area (Å²) in [5.41, 5.74) is 0.710. The Bertz CT molecular complexity index is 366. The van der Waals surface area contributed by atoms with Gasteiger partial charge in [-0.3, -0.25) is 0 Å². The molecule has 0 saturated carbocycles. The Morgan fingerprint density at radius 2 is 2.00 bits per heavy atom. The van der Waals surface area contributed by atoms with Gasteiger partial charge >= 0.3 is 0 Å². The van der Waals surface area contributed by atoms with Gasteiger partial charge in [-0.2, -0.15) is 0 Å². The van der Waals surface area contributed by atoms with Gasteiger partial charge in [0.1, 0.15) is 0 Å². The highest BCUT2D eigenvalue weighted by Gasteiger charge is 2.04. The van der Waals surface area contributed by atoms with E-state index in [1.807, 2.05) is 13.8 Å². The molecule has 2 N–H and O–H groups in total. The van der Waals surface area contributed by atoms with E-state index >= 15 is 0 Å². The summed E-state index contributed by atoms with van der Waals surface area (Å²) < 4.78 is 0. The molecule has 0 bridgehead atoms. The van der Waals surface area contributed by atoms with E-state index in [9.17, 15) is 0 Å². The summed E-state index contributed by atoms with van der Waals surface area (Å²) >= 11 is 16.9. The van der Waals surface area contributed by atoms with Gasteiger partial charge in [0, 0.05) is 11.1 Å². The van der Waals surface area contributed by atoms with E-state index in [4.69, 9.17) is 35.4 Å². The van der Waals surface area contributed by atoms with Crippen molar-refractivity contribution in [2.75, 3.05) is 5.32 Å². The fraction of sp³-hybridized carbons (Fsp3) is 0.300. The standard InChI is InChI=1S/C10H12Cl2N2S/c1-6(2)13-10(15)14-9-5-7(11)3-4-8(9)12/h3-6H,1-2H3,(H2,13,14,15). The molecule has 0 aliphatic heterocycles. The number of halogens is 2. The van der Waals surface area contributed by atoms with Crippen molar-refractivity contribution in [3.63, 3.8) is 0 Å². The summed E-state index contributed by atoms with van der Waals surface area (Å²) in [5, 5.41) is 7.79. The van der Waals surface area contributed by atoms with Gasteiger partial charge in [0.2, 0.25) is 0 Å². The van der Waals surface area contributed by atoms with Gasteiger partial charge in [-0.15, -0.1) is 0 Å². The number of hydrogen-bond acceptors (Lipinski definition) is 1. The number of nitrogens with one attached hydrogen (secondary N) is 2. The largest absolute Gasteiger partial charge is 0.360 e. The van der Waals surface area contributed by atoms with Crippen LogP contribution in [0, 0.1) is 0 Å². The van der Waals surface area contributed by atoms with E-state index in [0.717, 1.165) is 0 Å². The Morgan fingerprint density at radius 3 is 2.60 bits per heavy atom. The molecule has 0 fully saturated rings. The molecule has 5 heteroatoms. The van der Waals surface area contributed by atoms with E-state index in [1.54, 1.807) is 18.2 Å². The summed E-state index contributed by atoms with van der Waals surface area (Å²) in [6.45, 7) is 4.01. The second kappa shape index (κ2) is 5.54. The predicted octanol–water partition coefficient (Wildman–Crippen LogP) is 3.69. The number of rotatable bonds is 2. The molecular weight excluding hydrogens is 251 g/mol. The van der Waals surface area contributed by atoms with E-state index in [-0.39, 0.29) is 6.04 Å². The minimum atomic E-state index is 0.281. The van der Waals surface area contributed by atoms with Crippen LogP contribution < -0.4 is 10.6 Å². The zero-order valence-corrected chi connectivity index (χ0v) is 10.8. The molecule has 0 spiro atoms. The van der Waals surface area contributed by atoms with Crippen LogP contribution in [0.3, 0.4) is 0 Å². The molecule has 1 rings (SSSR count). The SMILES string of the molecule is CC(C)NC(=S)Nc1cc(Cl)ccc1Cl. The highest BCUT2D eigenvalue weighted by Crippen LogP contribution is 2.25. The first-order chi connectivity index (χ1) is 6.99. The van der Waals surface area contributed by atoms with Crippen molar-refractivity contribution in [1.82, 2.24) is 5.32 Å². The maximum atomic E-state index is 5.97. The van der Waals surface area contributed by atoms with Crippen LogP contribution in [0.25, 0.3) is 0 Å². The van der Waals surface area contributed by atoms with Crippen LogP contribution in [0.5, 0.6) is 0 Å². The van der Waals surface area contributed by atoms with Crippen LogP contribution >= 0.6 is 35.4 Å². The van der Waals surface area contributed by atoms with Crippen LogP contribution in [-0.2, 0) is 0 Å². The third-order valence-electron chi connectivity index (χ3n) is 1.60. The second-order valence-corrected chi connectivity index (χ2v) is 4.63. The average Bonchev–Trinajstić information content (AvgIpc) is 2.10. The molecule has 0 unspecified atom stereocenters. The molecule has 0 saturated heterocycles. The molecule has 0 radical (unpaired) electrons. The highest BCUT2D eigenvalue weighted by atomic mass is 35.5. The minimum Gasteiger partial charge on any atom is -0.360 e. The molecule has 1 aromatic carbocycles. The van der Waals surface area contributed by atoms with Crippen molar-refractivity contribution < 1.29 is 0 Å². The Hall–Kier alpha value is -0.510. The van der Waals surface area contributed by atoms with Crippen LogP contribution in [-0.4, -0.2) is 11.2 Å². The van der Waals surface area contributed by atoms with E-state index in [2.05, 4.69) is 10.6 Å². The number of benzene rings is 1. The smallest absolute Gasteiger partial charge is 0.171 e. The molecule has 0 amide bonds. The molecule has 15 heavy (non-hydrogen) atoms. The first kappa shape index (κ1) is 12.6. The zero-order valence-electron chi connectivity index (χ0n) is 8.47. The molecule has 82 valence electrons. The lowest BCUT2D eigenvalue weighted by Gasteiger charge is -2.14. The fourth-order valence-electron chi connectivity index (χ4n) is 1.01. The first-order valence-corrected chi connectivity index (χ1v) is 5.68. The number of anilines is 1. The Balaban J connectivity index is 2.71. The third kappa shape index (κ3) is 4.24. The molecule has 0 aromatic heterocycles. The molecule has 1 aromatic rings. The maximum absolute atomic E-state index is 5.97. The predicted molar refractivity (Wildman–Crippen MR) is 71.0 cm³/mol. The van der Waals surface area contributed by atoms with E-state index < -0.39 is 0 Å². The maximum Gasteiger partial charge on any atom is 0.171 e. The summed E-state index contributed by atoms with van der Waals surface area (Å²) in [7, 11) is 0. The van der Waals surface area contributed by atoms with Crippen LogP contribution in [0.1, 0.15) is 13.8 Å². The molecular formula is C10H12Cl2N2S. The lowest BCUT2D eigenvalue weighted by Crippen LogP contribution is -2.33. The van der Waals surface area contributed by atoms with Gasteiger partial charge in [0.05, 0.1) is 10.7 Å². The van der Waals surface area contributed by atoms with Gasteiger partial charge in [-0.05, 0) is 44.3 Å². The van der Waals surface area contributed by atoms with Gasteiger partial charge in [-0.1, -0.05) is 23.2 Å². The Morgan fingerprint density at radius 1 is 1.33 bits per heavy atom. The first-order valence-electron chi connectivity index (χ1n) is 4.51. The lowest BCUT2D eigenvalue weighted by atomic mass is 10.3. The van der Waals surface area contributed by atoms with Gasteiger partial charge in [0.25, 0.3) is 0 Å².